The van der Waals surface area contributed by atoms with Gasteiger partial charge in [-0.05, 0) is 0 Å². The molecule has 0 radical (unpaired) electrons. The van der Waals surface area contributed by atoms with E-state index in [0.29, 0.717) is 0 Å². The number of carbonyl (C=O) groups is 1. The minimum atomic E-state index is -1.27. The smallest absolute Gasteiger partial charge is 0.217 e. The number of ether oxygens (including phenoxy) is 2. The molecule has 0 saturated carbocycles. The van der Waals surface area contributed by atoms with Crippen LogP contribution < -0.4 is 5.32 Å². The largest absolute Gasteiger partial charge is 0.394 e. The summed E-state index contributed by atoms with van der Waals surface area (Å²) >= 11 is 0. The van der Waals surface area contributed by atoms with Gasteiger partial charge in [-0.15, -0.1) is 0 Å². The summed E-state index contributed by atoms with van der Waals surface area (Å²) in [4.78, 5) is 10.9. The van der Waals surface area contributed by atoms with Gasteiger partial charge in [0.15, 0.2) is 6.29 Å². The first-order valence-electron chi connectivity index (χ1n) is 4.93. The summed E-state index contributed by atoms with van der Waals surface area (Å²) in [6.07, 6.45) is -4.35. The fraction of sp³-hybridized carbons (Fsp3) is 0.889. The van der Waals surface area contributed by atoms with Crippen LogP contribution in [0.2, 0.25) is 0 Å². The van der Waals surface area contributed by atoms with Crippen molar-refractivity contribution in [1.82, 2.24) is 5.32 Å². The van der Waals surface area contributed by atoms with Crippen molar-refractivity contribution < 1.29 is 29.6 Å². The van der Waals surface area contributed by atoms with Gasteiger partial charge in [-0.25, -0.2) is 0 Å². The van der Waals surface area contributed by atoms with Crippen molar-refractivity contribution >= 4 is 5.91 Å². The van der Waals surface area contributed by atoms with Gasteiger partial charge in [-0.1, -0.05) is 0 Å². The maximum Gasteiger partial charge on any atom is 0.217 e. The van der Waals surface area contributed by atoms with E-state index in [1.54, 1.807) is 0 Å². The van der Waals surface area contributed by atoms with Crippen LogP contribution >= 0.6 is 0 Å². The first-order chi connectivity index (χ1) is 7.51. The first-order valence-corrected chi connectivity index (χ1v) is 4.93. The molecule has 4 N–H and O–H groups in total. The Morgan fingerprint density at radius 3 is 2.50 bits per heavy atom. The molecule has 1 rings (SSSR count). The zero-order chi connectivity index (χ0) is 12.3. The number of aliphatic hydroxyl groups is 3. The van der Waals surface area contributed by atoms with E-state index >= 15 is 0 Å². The van der Waals surface area contributed by atoms with Crippen LogP contribution in [0.25, 0.3) is 0 Å². The van der Waals surface area contributed by atoms with Crippen LogP contribution in [0.1, 0.15) is 6.92 Å². The predicted molar refractivity (Wildman–Crippen MR) is 52.4 cm³/mol. The zero-order valence-electron chi connectivity index (χ0n) is 9.16. The van der Waals surface area contributed by atoms with Crippen molar-refractivity contribution in [3.63, 3.8) is 0 Å². The molecule has 1 fully saturated rings. The van der Waals surface area contributed by atoms with Gasteiger partial charge in [0, 0.05) is 14.0 Å². The summed E-state index contributed by atoms with van der Waals surface area (Å²) in [7, 11) is 1.35. The highest BCUT2D eigenvalue weighted by molar-refractivity contribution is 5.73. The van der Waals surface area contributed by atoms with Gasteiger partial charge in [0.1, 0.15) is 24.4 Å². The highest BCUT2D eigenvalue weighted by Gasteiger charge is 2.44. The Balaban J connectivity index is 2.77. The Hall–Kier alpha value is -0.730. The number of carbonyl (C=O) groups excluding carboxylic acids is 1. The van der Waals surface area contributed by atoms with E-state index in [2.05, 4.69) is 5.32 Å². The Morgan fingerprint density at radius 1 is 1.44 bits per heavy atom. The van der Waals surface area contributed by atoms with Crippen LogP contribution in [-0.2, 0) is 14.3 Å². The second kappa shape index (κ2) is 5.55. The van der Waals surface area contributed by atoms with Crippen molar-refractivity contribution in [3.8, 4) is 0 Å². The van der Waals surface area contributed by atoms with Crippen LogP contribution in [0.15, 0.2) is 0 Å². The highest BCUT2D eigenvalue weighted by Crippen LogP contribution is 2.21. The SMILES string of the molecule is CO[C@@H]1OC(CO)[C@H](O)C(O)[C@H]1NC(C)=O. The van der Waals surface area contributed by atoms with Crippen LogP contribution in [0.5, 0.6) is 0 Å². The lowest BCUT2D eigenvalue weighted by Crippen LogP contribution is -2.64. The molecule has 1 aliphatic heterocycles. The minimum Gasteiger partial charge on any atom is -0.394 e. The standard InChI is InChI=1S/C9H17NO6/c1-4(12)10-6-8(14)7(13)5(3-11)16-9(6)15-2/h5-9,11,13-14H,3H2,1-2H3,(H,10,12)/t5?,6-,7+,8?,9-/m1/s1. The Morgan fingerprint density at radius 2 is 2.06 bits per heavy atom. The summed E-state index contributed by atoms with van der Waals surface area (Å²) < 4.78 is 10.1. The van der Waals surface area contributed by atoms with Crippen LogP contribution in [0.4, 0.5) is 0 Å². The van der Waals surface area contributed by atoms with Crippen LogP contribution in [0.3, 0.4) is 0 Å². The maximum absolute atomic E-state index is 10.9. The first kappa shape index (κ1) is 13.3. The molecule has 94 valence electrons. The molecule has 0 bridgehead atoms. The van der Waals surface area contributed by atoms with Gasteiger partial charge < -0.3 is 30.1 Å². The average molecular weight is 235 g/mol. The van der Waals surface area contributed by atoms with E-state index in [-0.39, 0.29) is 5.91 Å². The summed E-state index contributed by atoms with van der Waals surface area (Å²) in [5.74, 6) is -0.371. The molecule has 1 aliphatic rings. The molecule has 1 amide bonds. The molecular formula is C9H17NO6. The molecule has 16 heavy (non-hydrogen) atoms. The van der Waals surface area contributed by atoms with Gasteiger partial charge in [-0.3, -0.25) is 4.79 Å². The third-order valence-corrected chi connectivity index (χ3v) is 2.48. The minimum absolute atomic E-state index is 0.371. The fourth-order valence-electron chi connectivity index (χ4n) is 1.67. The number of hydrogen-bond acceptors (Lipinski definition) is 6. The van der Waals surface area contributed by atoms with Crippen molar-refractivity contribution in [2.45, 2.75) is 37.6 Å². The molecule has 2 unspecified atom stereocenters. The number of nitrogens with one attached hydrogen (secondary N) is 1. The molecule has 5 atom stereocenters. The van der Waals surface area contributed by atoms with E-state index < -0.39 is 37.3 Å². The van der Waals surface area contributed by atoms with Crippen molar-refractivity contribution in [1.29, 1.82) is 0 Å². The maximum atomic E-state index is 10.9. The van der Waals surface area contributed by atoms with E-state index in [0.717, 1.165) is 0 Å². The van der Waals surface area contributed by atoms with Gasteiger partial charge >= 0.3 is 0 Å². The van der Waals surface area contributed by atoms with Crippen LogP contribution in [0, 0.1) is 0 Å². The number of aliphatic hydroxyl groups excluding tert-OH is 3. The van der Waals surface area contributed by atoms with Gasteiger partial charge in [0.25, 0.3) is 0 Å². The van der Waals surface area contributed by atoms with Gasteiger partial charge in [0.2, 0.25) is 5.91 Å². The number of methoxy groups -OCH3 is 1. The average Bonchev–Trinajstić information content (AvgIpc) is 2.25. The van der Waals surface area contributed by atoms with E-state index in [1.165, 1.54) is 14.0 Å². The Bertz CT molecular complexity index is 246. The second-order valence-electron chi connectivity index (χ2n) is 3.67. The Kier molecular flexibility index (Phi) is 4.63. The summed E-state index contributed by atoms with van der Waals surface area (Å²) in [6.45, 7) is 0.842. The topological polar surface area (TPSA) is 108 Å². The molecule has 0 aromatic heterocycles. The van der Waals surface area contributed by atoms with E-state index in [4.69, 9.17) is 14.6 Å². The lowest BCUT2D eigenvalue weighted by atomic mass is 9.97. The quantitative estimate of drug-likeness (QED) is 0.433. The molecule has 7 nitrogen and oxygen atoms in total. The highest BCUT2D eigenvalue weighted by atomic mass is 16.7. The van der Waals surface area contributed by atoms with E-state index in [1.807, 2.05) is 0 Å². The molecule has 0 aromatic carbocycles. The lowest BCUT2D eigenvalue weighted by Gasteiger charge is -2.41. The summed E-state index contributed by atoms with van der Waals surface area (Å²) in [6, 6.07) is -0.861. The molecule has 1 heterocycles. The second-order valence-corrected chi connectivity index (χ2v) is 3.67. The lowest BCUT2D eigenvalue weighted by molar-refractivity contribution is -0.262. The predicted octanol–water partition coefficient (Wildman–Crippen LogP) is -2.42. The molecule has 0 spiro atoms. The number of hydrogen-bond donors (Lipinski definition) is 4. The van der Waals surface area contributed by atoms with Gasteiger partial charge in [0.05, 0.1) is 6.61 Å². The molecular weight excluding hydrogens is 218 g/mol. The number of amides is 1. The summed E-state index contributed by atoms with van der Waals surface area (Å²) in [5, 5.41) is 30.7. The molecule has 0 aromatic rings. The third-order valence-electron chi connectivity index (χ3n) is 2.48. The zero-order valence-corrected chi connectivity index (χ0v) is 9.16. The third kappa shape index (κ3) is 2.69. The number of rotatable bonds is 3. The fourth-order valence-corrected chi connectivity index (χ4v) is 1.67. The van der Waals surface area contributed by atoms with Crippen molar-refractivity contribution in [2.75, 3.05) is 13.7 Å². The molecule has 1 saturated heterocycles. The van der Waals surface area contributed by atoms with E-state index in [9.17, 15) is 15.0 Å². The molecule has 0 aliphatic carbocycles. The monoisotopic (exact) mass is 235 g/mol. The van der Waals surface area contributed by atoms with Crippen LogP contribution in [-0.4, -0.2) is 65.6 Å². The normalized spacial score (nSPS) is 39.4. The summed E-state index contributed by atoms with van der Waals surface area (Å²) in [5.41, 5.74) is 0. The Labute approximate surface area is 93.0 Å². The van der Waals surface area contributed by atoms with Gasteiger partial charge in [-0.2, -0.15) is 0 Å². The van der Waals surface area contributed by atoms with Crippen molar-refractivity contribution in [3.05, 3.63) is 0 Å². The molecule has 7 heteroatoms. The van der Waals surface area contributed by atoms with Crippen molar-refractivity contribution in [2.24, 2.45) is 0 Å².